The van der Waals surface area contributed by atoms with Gasteiger partial charge in [-0.3, -0.25) is 10.1 Å². The number of hydrogen-bond acceptors (Lipinski definition) is 5. The van der Waals surface area contributed by atoms with Gasteiger partial charge in [0.15, 0.2) is 0 Å². The number of hydrogen-bond donors (Lipinski definition) is 1. The third-order valence-electron chi connectivity index (χ3n) is 4.14. The van der Waals surface area contributed by atoms with Crippen LogP contribution in [0.15, 0.2) is 21.5 Å². The molecule has 0 spiro atoms. The Morgan fingerprint density at radius 3 is 2.57 bits per heavy atom. The molecule has 7 nitrogen and oxygen atoms in total. The molecule has 10 heteroatoms. The molecule has 2 rings (SSSR count). The lowest BCUT2D eigenvalue weighted by Gasteiger charge is -2.22. The summed E-state index contributed by atoms with van der Waals surface area (Å²) in [5.74, 6) is 0. The van der Waals surface area contributed by atoms with Crippen LogP contribution < -0.4 is 5.73 Å². The summed E-state index contributed by atoms with van der Waals surface area (Å²) in [6.07, 6.45) is 0.678. The van der Waals surface area contributed by atoms with Crippen molar-refractivity contribution in [3.63, 3.8) is 0 Å². The molecule has 0 bridgehead atoms. The number of nitro benzene ring substituents is 1. The lowest BCUT2D eigenvalue weighted by Crippen LogP contribution is -2.34. The number of benzene rings is 1. The molecule has 0 amide bonds. The molecule has 0 aliphatic carbocycles. The number of nitrogens with two attached hydrogens (primary N) is 1. The second-order valence-electron chi connectivity index (χ2n) is 5.91. The molecule has 1 aliphatic heterocycles. The highest BCUT2D eigenvalue weighted by Crippen LogP contribution is 2.35. The van der Waals surface area contributed by atoms with Gasteiger partial charge in [-0.2, -0.15) is 4.31 Å². The van der Waals surface area contributed by atoms with Crippen molar-refractivity contribution < 1.29 is 13.3 Å². The van der Waals surface area contributed by atoms with E-state index in [1.54, 1.807) is 6.92 Å². The first-order valence-corrected chi connectivity index (χ1v) is 8.99. The van der Waals surface area contributed by atoms with Crippen molar-refractivity contribution in [3.8, 4) is 0 Å². The van der Waals surface area contributed by atoms with Gasteiger partial charge in [-0.1, -0.05) is 22.9 Å². The van der Waals surface area contributed by atoms with E-state index in [1.165, 1.54) is 10.4 Å². The Morgan fingerprint density at radius 2 is 2.09 bits per heavy atom. The van der Waals surface area contributed by atoms with E-state index in [9.17, 15) is 18.5 Å². The monoisotopic (exact) mass is 427 g/mol. The highest BCUT2D eigenvalue weighted by Gasteiger charge is 2.39. The van der Waals surface area contributed by atoms with E-state index in [0.29, 0.717) is 36.1 Å². The average Bonchev–Trinajstić information content (AvgIpc) is 2.85. The molecular formula is C13H19BrClN3O4S. The molecule has 0 aromatic heterocycles. The van der Waals surface area contributed by atoms with Crippen LogP contribution in [-0.2, 0) is 10.0 Å². The minimum atomic E-state index is -3.77. The summed E-state index contributed by atoms with van der Waals surface area (Å²) < 4.78 is 27.2. The minimum Gasteiger partial charge on any atom is -0.330 e. The standard InChI is InChI=1S/C13H18BrN3O4S.ClH/c1-9-11(14)5-10(6-12(9)17(18)19)22(20,21)16-4-3-13(2,7-15)8-16;/h5-6H,3-4,7-8,15H2,1-2H3;1H. The zero-order valence-corrected chi connectivity index (χ0v) is 16.0. The minimum absolute atomic E-state index is 0. The summed E-state index contributed by atoms with van der Waals surface area (Å²) in [5, 5.41) is 11.1. The smallest absolute Gasteiger partial charge is 0.274 e. The predicted molar refractivity (Wildman–Crippen MR) is 93.3 cm³/mol. The lowest BCUT2D eigenvalue weighted by molar-refractivity contribution is -0.385. The molecule has 2 N–H and O–H groups in total. The number of nitrogens with zero attached hydrogens (tertiary/aromatic N) is 2. The van der Waals surface area contributed by atoms with Crippen LogP contribution in [0.4, 0.5) is 5.69 Å². The summed E-state index contributed by atoms with van der Waals surface area (Å²) in [7, 11) is -3.77. The van der Waals surface area contributed by atoms with Crippen molar-refractivity contribution in [2.24, 2.45) is 11.1 Å². The van der Waals surface area contributed by atoms with Crippen molar-refractivity contribution >= 4 is 44.0 Å². The second-order valence-corrected chi connectivity index (χ2v) is 8.70. The van der Waals surface area contributed by atoms with Crippen LogP contribution in [-0.4, -0.2) is 37.3 Å². The van der Waals surface area contributed by atoms with Crippen LogP contribution in [0.1, 0.15) is 18.9 Å². The third-order valence-corrected chi connectivity index (χ3v) is 6.79. The van der Waals surface area contributed by atoms with Gasteiger partial charge in [-0.25, -0.2) is 8.42 Å². The maximum atomic E-state index is 12.7. The van der Waals surface area contributed by atoms with E-state index in [2.05, 4.69) is 15.9 Å². The van der Waals surface area contributed by atoms with Crippen molar-refractivity contribution in [3.05, 3.63) is 32.3 Å². The molecule has 0 radical (unpaired) electrons. The van der Waals surface area contributed by atoms with E-state index in [0.717, 1.165) is 6.07 Å². The maximum Gasteiger partial charge on any atom is 0.274 e. The van der Waals surface area contributed by atoms with E-state index in [1.807, 2.05) is 6.92 Å². The van der Waals surface area contributed by atoms with E-state index >= 15 is 0 Å². The van der Waals surface area contributed by atoms with Gasteiger partial charge in [0, 0.05) is 29.2 Å². The molecule has 130 valence electrons. The van der Waals surface area contributed by atoms with Crippen LogP contribution in [0.3, 0.4) is 0 Å². The topological polar surface area (TPSA) is 107 Å². The van der Waals surface area contributed by atoms with Gasteiger partial charge in [-0.15, -0.1) is 12.4 Å². The fourth-order valence-electron chi connectivity index (χ4n) is 2.48. The number of halogens is 2. The first kappa shape index (κ1) is 20.3. The Kier molecular flexibility index (Phi) is 6.20. The molecule has 1 aromatic rings. The van der Waals surface area contributed by atoms with Crippen LogP contribution in [0, 0.1) is 22.5 Å². The van der Waals surface area contributed by atoms with Gasteiger partial charge in [0.1, 0.15) is 0 Å². The Bertz CT molecular complexity index is 728. The van der Waals surface area contributed by atoms with Crippen molar-refractivity contribution in [1.82, 2.24) is 4.31 Å². The SMILES string of the molecule is Cc1c(Br)cc(S(=O)(=O)N2CCC(C)(CN)C2)cc1[N+](=O)[O-].Cl. The van der Waals surface area contributed by atoms with E-state index in [4.69, 9.17) is 5.73 Å². The summed E-state index contributed by atoms with van der Waals surface area (Å²) >= 11 is 3.19. The van der Waals surface area contributed by atoms with Gasteiger partial charge in [0.05, 0.1) is 9.82 Å². The van der Waals surface area contributed by atoms with E-state index in [-0.39, 0.29) is 28.4 Å². The van der Waals surface area contributed by atoms with Gasteiger partial charge >= 0.3 is 0 Å². The van der Waals surface area contributed by atoms with Crippen LogP contribution in [0.5, 0.6) is 0 Å². The fourth-order valence-corrected chi connectivity index (χ4v) is 4.72. The Morgan fingerprint density at radius 1 is 1.48 bits per heavy atom. The van der Waals surface area contributed by atoms with Gasteiger partial charge < -0.3 is 5.73 Å². The zero-order valence-electron chi connectivity index (χ0n) is 12.8. The maximum absolute atomic E-state index is 12.7. The highest BCUT2D eigenvalue weighted by molar-refractivity contribution is 9.10. The summed E-state index contributed by atoms with van der Waals surface area (Å²) in [6.45, 7) is 4.60. The Hall–Kier alpha value is -0.740. The van der Waals surface area contributed by atoms with Crippen molar-refractivity contribution in [1.29, 1.82) is 0 Å². The molecule has 23 heavy (non-hydrogen) atoms. The molecule has 0 saturated carbocycles. The first-order chi connectivity index (χ1) is 10.1. The summed E-state index contributed by atoms with van der Waals surface area (Å²) in [4.78, 5) is 10.4. The average molecular weight is 429 g/mol. The number of rotatable bonds is 4. The number of nitro groups is 1. The lowest BCUT2D eigenvalue weighted by atomic mass is 9.90. The predicted octanol–water partition coefficient (Wildman–Crippen LogP) is 2.45. The summed E-state index contributed by atoms with van der Waals surface area (Å²) in [5.41, 5.74) is 5.64. The quantitative estimate of drug-likeness (QED) is 0.585. The van der Waals surface area contributed by atoms with Crippen LogP contribution in [0.2, 0.25) is 0 Å². The van der Waals surface area contributed by atoms with Gasteiger partial charge in [0.2, 0.25) is 10.0 Å². The second kappa shape index (κ2) is 7.02. The molecule has 1 aliphatic rings. The fraction of sp³-hybridized carbons (Fsp3) is 0.538. The largest absolute Gasteiger partial charge is 0.330 e. The molecule has 1 aromatic carbocycles. The Labute approximate surface area is 150 Å². The Balaban J connectivity index is 0.00000264. The van der Waals surface area contributed by atoms with Gasteiger partial charge in [0.25, 0.3) is 5.69 Å². The highest BCUT2D eigenvalue weighted by atomic mass is 79.9. The molecule has 1 unspecified atom stereocenters. The summed E-state index contributed by atoms with van der Waals surface area (Å²) in [6, 6.07) is 2.53. The molecule has 1 heterocycles. The number of sulfonamides is 1. The van der Waals surface area contributed by atoms with Crippen LogP contribution in [0.25, 0.3) is 0 Å². The molecule has 1 atom stereocenters. The molecule has 1 fully saturated rings. The third kappa shape index (κ3) is 3.85. The molecule has 1 saturated heterocycles. The van der Waals surface area contributed by atoms with Crippen molar-refractivity contribution in [2.75, 3.05) is 19.6 Å². The van der Waals surface area contributed by atoms with Gasteiger partial charge in [-0.05, 0) is 31.4 Å². The van der Waals surface area contributed by atoms with Crippen LogP contribution >= 0.6 is 28.3 Å². The normalized spacial score (nSPS) is 21.9. The van der Waals surface area contributed by atoms with E-state index < -0.39 is 14.9 Å². The first-order valence-electron chi connectivity index (χ1n) is 6.75. The molecular weight excluding hydrogens is 410 g/mol. The van der Waals surface area contributed by atoms with Crippen molar-refractivity contribution in [2.45, 2.75) is 25.2 Å². The zero-order chi connectivity index (χ0) is 16.7.